The van der Waals surface area contributed by atoms with Crippen molar-refractivity contribution < 1.29 is 0 Å². The Morgan fingerprint density at radius 3 is 2.78 bits per heavy atom. The van der Waals surface area contributed by atoms with Crippen molar-refractivity contribution in [2.45, 2.75) is 38.1 Å². The smallest absolute Gasteiger partial charge is 0.0684 e. The largest absolute Gasteiger partial charge is 0.313 e. The van der Waals surface area contributed by atoms with E-state index < -0.39 is 0 Å². The first-order chi connectivity index (χ1) is 8.48. The molecule has 1 atom stereocenters. The van der Waals surface area contributed by atoms with Gasteiger partial charge >= 0.3 is 0 Å². The highest BCUT2D eigenvalue weighted by Crippen LogP contribution is 2.27. The molecule has 0 amide bonds. The van der Waals surface area contributed by atoms with E-state index >= 15 is 0 Å². The summed E-state index contributed by atoms with van der Waals surface area (Å²) in [5.74, 6) is 0.984. The van der Waals surface area contributed by atoms with Gasteiger partial charge in [0.1, 0.15) is 0 Å². The average Bonchev–Trinajstić information content (AvgIpc) is 2.38. The van der Waals surface area contributed by atoms with Gasteiger partial charge in [0, 0.05) is 10.9 Å². The maximum absolute atomic E-state index is 8.97. The Morgan fingerprint density at radius 1 is 1.44 bits per heavy atom. The highest BCUT2D eigenvalue weighted by Gasteiger charge is 2.15. The first-order valence-corrected chi connectivity index (χ1v) is 7.28. The van der Waals surface area contributed by atoms with Crippen LogP contribution in [0.2, 0.25) is 0 Å². The van der Waals surface area contributed by atoms with E-state index in [2.05, 4.69) is 42.6 Å². The van der Waals surface area contributed by atoms with Crippen molar-refractivity contribution >= 4 is 11.8 Å². The fourth-order valence-corrected chi connectivity index (χ4v) is 2.76. The summed E-state index contributed by atoms with van der Waals surface area (Å²) < 4.78 is 0. The molecule has 0 fully saturated rings. The van der Waals surface area contributed by atoms with Crippen molar-refractivity contribution in [3.63, 3.8) is 0 Å². The zero-order valence-electron chi connectivity index (χ0n) is 11.7. The van der Waals surface area contributed by atoms with E-state index in [0.29, 0.717) is 6.04 Å². The van der Waals surface area contributed by atoms with E-state index in [0.717, 1.165) is 12.2 Å². The number of thioether (sulfide) groups is 1. The fourth-order valence-electron chi connectivity index (χ4n) is 1.52. The summed E-state index contributed by atoms with van der Waals surface area (Å²) in [5.41, 5.74) is 1.09. The number of nitrogens with one attached hydrogen (secondary N) is 1. The molecule has 0 aromatic heterocycles. The number of nitrogens with zero attached hydrogens (tertiary/aromatic N) is 1. The van der Waals surface area contributed by atoms with Crippen molar-refractivity contribution in [1.82, 2.24) is 5.32 Å². The van der Waals surface area contributed by atoms with Crippen LogP contribution in [-0.4, -0.2) is 12.8 Å². The van der Waals surface area contributed by atoms with Crippen LogP contribution in [0.3, 0.4) is 0 Å². The van der Waals surface area contributed by atoms with E-state index in [1.807, 2.05) is 32.7 Å². The van der Waals surface area contributed by atoms with Gasteiger partial charge in [-0.3, -0.25) is 0 Å². The van der Waals surface area contributed by atoms with E-state index in [1.54, 1.807) is 0 Å². The lowest BCUT2D eigenvalue weighted by molar-refractivity contribution is 0.482. The summed E-state index contributed by atoms with van der Waals surface area (Å²) in [6.45, 7) is 6.14. The quantitative estimate of drug-likeness (QED) is 0.787. The molecule has 0 radical (unpaired) electrons. The van der Waals surface area contributed by atoms with Crippen LogP contribution in [0.15, 0.2) is 29.2 Å². The van der Waals surface area contributed by atoms with Gasteiger partial charge in [0.25, 0.3) is 0 Å². The Labute approximate surface area is 115 Å². The fraction of sp³-hybridized carbons (Fsp3) is 0.533. The van der Waals surface area contributed by atoms with Crippen LogP contribution in [0.25, 0.3) is 0 Å². The minimum Gasteiger partial charge on any atom is -0.313 e. The van der Waals surface area contributed by atoms with Crippen molar-refractivity contribution in [2.75, 3.05) is 12.8 Å². The van der Waals surface area contributed by atoms with Gasteiger partial charge in [-0.1, -0.05) is 12.1 Å². The number of hydrogen-bond donors (Lipinski definition) is 1. The minimum atomic E-state index is -0.219. The average molecular weight is 262 g/mol. The molecule has 0 bridgehead atoms. The molecule has 1 aromatic carbocycles. The Kier molecular flexibility index (Phi) is 5.71. The number of hydrogen-bond acceptors (Lipinski definition) is 3. The number of rotatable bonds is 6. The summed E-state index contributed by atoms with van der Waals surface area (Å²) in [4.78, 5) is 1.28. The monoisotopic (exact) mass is 262 g/mol. The maximum Gasteiger partial charge on any atom is 0.0684 e. The van der Waals surface area contributed by atoms with E-state index in [4.69, 9.17) is 5.26 Å². The summed E-state index contributed by atoms with van der Waals surface area (Å²) in [6.07, 6.45) is 0.917. The lowest BCUT2D eigenvalue weighted by Gasteiger charge is -2.15. The summed E-state index contributed by atoms with van der Waals surface area (Å²) in [6, 6.07) is 11.3. The molecule has 1 aromatic rings. The maximum atomic E-state index is 8.97. The zero-order valence-corrected chi connectivity index (χ0v) is 12.5. The van der Waals surface area contributed by atoms with Crippen LogP contribution >= 0.6 is 11.8 Å². The molecule has 0 aliphatic carbocycles. The molecular formula is C15H22N2S. The van der Waals surface area contributed by atoms with E-state index in [1.165, 1.54) is 10.5 Å². The highest BCUT2D eigenvalue weighted by atomic mass is 32.2. The lowest BCUT2D eigenvalue weighted by Crippen LogP contribution is -2.12. The second-order valence-electron chi connectivity index (χ2n) is 5.18. The van der Waals surface area contributed by atoms with E-state index in [9.17, 15) is 0 Å². The molecule has 18 heavy (non-hydrogen) atoms. The molecule has 0 aliphatic heterocycles. The van der Waals surface area contributed by atoms with Gasteiger partial charge < -0.3 is 5.32 Å². The van der Waals surface area contributed by atoms with Gasteiger partial charge in [-0.25, -0.2) is 0 Å². The molecule has 3 heteroatoms. The standard InChI is InChI=1S/C15H22N2S/c1-12(17-4)13-6-5-7-14(10-13)18-9-8-15(2,3)11-16/h5-7,10,12,17H,8-9H2,1-4H3. The van der Waals surface area contributed by atoms with Crippen LogP contribution in [0.1, 0.15) is 38.8 Å². The molecule has 98 valence electrons. The molecule has 0 heterocycles. The van der Waals surface area contributed by atoms with Crippen molar-refractivity contribution in [2.24, 2.45) is 5.41 Å². The highest BCUT2D eigenvalue weighted by molar-refractivity contribution is 7.99. The third kappa shape index (κ3) is 4.72. The molecule has 0 spiro atoms. The van der Waals surface area contributed by atoms with Crippen molar-refractivity contribution in [3.05, 3.63) is 29.8 Å². The normalized spacial score (nSPS) is 13.1. The predicted octanol–water partition coefficient (Wildman–Crippen LogP) is 4.00. The second-order valence-corrected chi connectivity index (χ2v) is 6.35. The van der Waals surface area contributed by atoms with Gasteiger partial charge in [-0.05, 0) is 57.7 Å². The summed E-state index contributed by atoms with van der Waals surface area (Å²) >= 11 is 1.83. The van der Waals surface area contributed by atoms with E-state index in [-0.39, 0.29) is 5.41 Å². The van der Waals surface area contributed by atoms with Crippen LogP contribution in [0, 0.1) is 16.7 Å². The van der Waals surface area contributed by atoms with Crippen LogP contribution in [-0.2, 0) is 0 Å². The summed E-state index contributed by atoms with van der Waals surface area (Å²) in [5, 5.41) is 12.2. The second kappa shape index (κ2) is 6.82. The lowest BCUT2D eigenvalue weighted by atomic mass is 9.93. The molecule has 1 N–H and O–H groups in total. The molecule has 2 nitrogen and oxygen atoms in total. The Morgan fingerprint density at radius 2 is 2.17 bits per heavy atom. The van der Waals surface area contributed by atoms with Crippen LogP contribution in [0.5, 0.6) is 0 Å². The Hall–Kier alpha value is -0.980. The van der Waals surface area contributed by atoms with Gasteiger partial charge in [0.2, 0.25) is 0 Å². The molecule has 0 saturated carbocycles. The zero-order chi connectivity index (χ0) is 13.6. The van der Waals surface area contributed by atoms with Crippen molar-refractivity contribution in [3.8, 4) is 6.07 Å². The van der Waals surface area contributed by atoms with Crippen LogP contribution in [0.4, 0.5) is 0 Å². The van der Waals surface area contributed by atoms with Gasteiger partial charge in [0.15, 0.2) is 0 Å². The first kappa shape index (κ1) is 15.1. The van der Waals surface area contributed by atoms with Gasteiger partial charge in [0.05, 0.1) is 11.5 Å². The topological polar surface area (TPSA) is 35.8 Å². The van der Waals surface area contributed by atoms with Gasteiger partial charge in [-0.15, -0.1) is 11.8 Å². The Bertz CT molecular complexity index is 421. The molecule has 0 aliphatic rings. The third-order valence-electron chi connectivity index (χ3n) is 3.09. The van der Waals surface area contributed by atoms with Gasteiger partial charge in [-0.2, -0.15) is 5.26 Å². The Balaban J connectivity index is 2.56. The SMILES string of the molecule is CNC(C)c1cccc(SCCC(C)(C)C#N)c1. The number of nitriles is 1. The van der Waals surface area contributed by atoms with Crippen LogP contribution < -0.4 is 5.32 Å². The third-order valence-corrected chi connectivity index (χ3v) is 4.09. The van der Waals surface area contributed by atoms with Crippen molar-refractivity contribution in [1.29, 1.82) is 5.26 Å². The molecule has 0 saturated heterocycles. The molecule has 1 unspecified atom stereocenters. The predicted molar refractivity (Wildman–Crippen MR) is 78.7 cm³/mol. The minimum absolute atomic E-state index is 0.219. The summed E-state index contributed by atoms with van der Waals surface area (Å²) in [7, 11) is 1.97. The first-order valence-electron chi connectivity index (χ1n) is 6.30. The molecule has 1 rings (SSSR count). The molecular weight excluding hydrogens is 240 g/mol. The number of benzene rings is 1.